The molecule has 0 fully saturated rings. The Bertz CT molecular complexity index is 186. The van der Waals surface area contributed by atoms with E-state index in [4.69, 9.17) is 0 Å². The van der Waals surface area contributed by atoms with Crippen LogP contribution >= 0.6 is 0 Å². The molecule has 0 spiro atoms. The van der Waals surface area contributed by atoms with Gasteiger partial charge in [-0.2, -0.15) is 0 Å². The van der Waals surface area contributed by atoms with Gasteiger partial charge >= 0.3 is 0 Å². The maximum Gasteiger partial charge on any atom is 0.0543 e. The summed E-state index contributed by atoms with van der Waals surface area (Å²) in [5, 5.41) is 0. The van der Waals surface area contributed by atoms with Crippen LogP contribution in [0.4, 0.5) is 5.69 Å². The second kappa shape index (κ2) is 4.86. The molecule has 1 rings (SSSR count). The first-order valence-electron chi connectivity index (χ1n) is 4.76. The molecule has 0 aliphatic carbocycles. The Balaban J connectivity index is 2.53. The maximum atomic E-state index is 3.09. The molecule has 0 aliphatic heterocycles. The Morgan fingerprint density at radius 3 is 2.33 bits per heavy atom. The van der Waals surface area contributed by atoms with Crippen LogP contribution in [0.2, 0.25) is 0 Å². The summed E-state index contributed by atoms with van der Waals surface area (Å²) in [7, 11) is 0. The fourth-order valence-electron chi connectivity index (χ4n) is 1.42. The van der Waals surface area contributed by atoms with Crippen LogP contribution in [0, 0.1) is 0 Å². The first-order valence-corrected chi connectivity index (χ1v) is 4.76. The zero-order chi connectivity index (χ0) is 8.81. The number of anilines is 1. The molecule has 0 saturated carbocycles. The van der Waals surface area contributed by atoms with E-state index in [1.165, 1.54) is 18.5 Å². The highest BCUT2D eigenvalue weighted by atomic mass is 15.1. The lowest BCUT2D eigenvalue weighted by Gasteiger charge is -2.21. The third kappa shape index (κ3) is 2.29. The second-order valence-corrected chi connectivity index (χ2v) is 3.06. The van der Waals surface area contributed by atoms with Crippen molar-refractivity contribution in [1.29, 1.82) is 0 Å². The van der Waals surface area contributed by atoms with Crippen molar-refractivity contribution in [3.63, 3.8) is 0 Å². The molecule has 1 aromatic rings. The number of aromatic amines is 1. The van der Waals surface area contributed by atoms with Crippen LogP contribution in [-0.2, 0) is 0 Å². The lowest BCUT2D eigenvalue weighted by atomic mass is 10.3. The van der Waals surface area contributed by atoms with Gasteiger partial charge in [0.25, 0.3) is 0 Å². The Morgan fingerprint density at radius 1 is 1.25 bits per heavy atom. The Hall–Kier alpha value is -0.920. The van der Waals surface area contributed by atoms with Gasteiger partial charge in [0, 0.05) is 25.5 Å². The number of nitrogens with zero attached hydrogens (tertiary/aromatic N) is 1. The van der Waals surface area contributed by atoms with Gasteiger partial charge in [-0.25, -0.2) is 0 Å². The topological polar surface area (TPSA) is 19.0 Å². The molecular weight excluding hydrogens is 148 g/mol. The van der Waals surface area contributed by atoms with Crippen LogP contribution in [-0.4, -0.2) is 18.1 Å². The van der Waals surface area contributed by atoms with Crippen LogP contribution in [0.1, 0.15) is 26.7 Å². The third-order valence-corrected chi connectivity index (χ3v) is 1.93. The Labute approximate surface area is 74.6 Å². The molecule has 2 heteroatoms. The van der Waals surface area contributed by atoms with Crippen molar-refractivity contribution in [3.05, 3.63) is 18.5 Å². The van der Waals surface area contributed by atoms with E-state index in [9.17, 15) is 0 Å². The standard InChI is InChI=1S/C10H18N2/c1-3-7-12(8-4-2)10-5-6-11-9-10/h5-6,9,11H,3-4,7-8H2,1-2H3. The second-order valence-electron chi connectivity index (χ2n) is 3.06. The van der Waals surface area contributed by atoms with E-state index in [0.717, 1.165) is 13.1 Å². The molecule has 0 unspecified atom stereocenters. The molecule has 1 heterocycles. The highest BCUT2D eigenvalue weighted by Gasteiger charge is 2.02. The zero-order valence-corrected chi connectivity index (χ0v) is 8.01. The van der Waals surface area contributed by atoms with Crippen molar-refractivity contribution >= 4 is 5.69 Å². The minimum Gasteiger partial charge on any atom is -0.370 e. The average Bonchev–Trinajstić information content (AvgIpc) is 2.56. The summed E-state index contributed by atoms with van der Waals surface area (Å²) in [6.07, 6.45) is 6.47. The number of H-pyrrole nitrogens is 1. The van der Waals surface area contributed by atoms with Gasteiger partial charge in [0.05, 0.1) is 5.69 Å². The highest BCUT2D eigenvalue weighted by molar-refractivity contribution is 5.43. The van der Waals surface area contributed by atoms with Gasteiger partial charge in [-0.05, 0) is 18.9 Å². The van der Waals surface area contributed by atoms with Gasteiger partial charge in [-0.1, -0.05) is 13.8 Å². The van der Waals surface area contributed by atoms with Crippen molar-refractivity contribution in [2.45, 2.75) is 26.7 Å². The first kappa shape index (κ1) is 9.17. The van der Waals surface area contributed by atoms with Crippen molar-refractivity contribution in [3.8, 4) is 0 Å². The number of nitrogens with one attached hydrogen (secondary N) is 1. The molecule has 0 radical (unpaired) electrons. The highest BCUT2D eigenvalue weighted by Crippen LogP contribution is 2.12. The predicted molar refractivity (Wildman–Crippen MR) is 53.6 cm³/mol. The molecule has 1 aromatic heterocycles. The summed E-state index contributed by atoms with van der Waals surface area (Å²) in [6, 6.07) is 2.13. The molecule has 0 amide bonds. The van der Waals surface area contributed by atoms with Crippen LogP contribution in [0.3, 0.4) is 0 Å². The fraction of sp³-hybridized carbons (Fsp3) is 0.600. The van der Waals surface area contributed by atoms with E-state index in [2.05, 4.69) is 36.0 Å². The minimum absolute atomic E-state index is 1.16. The fourth-order valence-corrected chi connectivity index (χ4v) is 1.42. The normalized spacial score (nSPS) is 10.2. The average molecular weight is 166 g/mol. The SMILES string of the molecule is CCCN(CCC)c1cc[nH]c1. The maximum absolute atomic E-state index is 3.09. The van der Waals surface area contributed by atoms with Crippen LogP contribution in [0.5, 0.6) is 0 Å². The summed E-state index contributed by atoms with van der Waals surface area (Å²) >= 11 is 0. The number of hydrogen-bond acceptors (Lipinski definition) is 1. The Kier molecular flexibility index (Phi) is 3.71. The molecule has 1 N–H and O–H groups in total. The molecule has 2 nitrogen and oxygen atoms in total. The molecule has 0 atom stereocenters. The van der Waals surface area contributed by atoms with Gasteiger partial charge in [-0.15, -0.1) is 0 Å². The number of aromatic nitrogens is 1. The van der Waals surface area contributed by atoms with Gasteiger partial charge in [0.15, 0.2) is 0 Å². The lowest BCUT2D eigenvalue weighted by Crippen LogP contribution is -2.24. The summed E-state index contributed by atoms with van der Waals surface area (Å²) in [6.45, 7) is 6.75. The van der Waals surface area contributed by atoms with E-state index < -0.39 is 0 Å². The molecule has 68 valence electrons. The summed E-state index contributed by atoms with van der Waals surface area (Å²) in [5.74, 6) is 0. The molecule has 0 aromatic carbocycles. The summed E-state index contributed by atoms with van der Waals surface area (Å²) in [4.78, 5) is 5.50. The molecule has 0 aliphatic rings. The van der Waals surface area contributed by atoms with Crippen LogP contribution in [0.25, 0.3) is 0 Å². The summed E-state index contributed by atoms with van der Waals surface area (Å²) < 4.78 is 0. The first-order chi connectivity index (χ1) is 5.88. The van der Waals surface area contributed by atoms with E-state index in [1.807, 2.05) is 6.20 Å². The molecular formula is C10H18N2. The molecule has 0 bridgehead atoms. The number of rotatable bonds is 5. The van der Waals surface area contributed by atoms with Crippen molar-refractivity contribution in [1.82, 2.24) is 4.98 Å². The number of hydrogen-bond donors (Lipinski definition) is 1. The van der Waals surface area contributed by atoms with Crippen molar-refractivity contribution in [2.24, 2.45) is 0 Å². The molecule has 12 heavy (non-hydrogen) atoms. The van der Waals surface area contributed by atoms with E-state index in [-0.39, 0.29) is 0 Å². The summed E-state index contributed by atoms with van der Waals surface area (Å²) in [5.41, 5.74) is 1.32. The lowest BCUT2D eigenvalue weighted by molar-refractivity contribution is 0.745. The van der Waals surface area contributed by atoms with Crippen LogP contribution in [0.15, 0.2) is 18.5 Å². The smallest absolute Gasteiger partial charge is 0.0543 e. The van der Waals surface area contributed by atoms with E-state index in [1.54, 1.807) is 0 Å². The van der Waals surface area contributed by atoms with E-state index in [0.29, 0.717) is 0 Å². The Morgan fingerprint density at radius 2 is 1.92 bits per heavy atom. The van der Waals surface area contributed by atoms with Gasteiger partial charge in [-0.3, -0.25) is 0 Å². The van der Waals surface area contributed by atoms with E-state index >= 15 is 0 Å². The van der Waals surface area contributed by atoms with Gasteiger partial charge in [0.2, 0.25) is 0 Å². The molecule has 0 saturated heterocycles. The minimum atomic E-state index is 1.16. The van der Waals surface area contributed by atoms with Gasteiger partial charge < -0.3 is 9.88 Å². The third-order valence-electron chi connectivity index (χ3n) is 1.93. The largest absolute Gasteiger partial charge is 0.370 e. The predicted octanol–water partition coefficient (Wildman–Crippen LogP) is 2.64. The van der Waals surface area contributed by atoms with Crippen LogP contribution < -0.4 is 4.90 Å². The monoisotopic (exact) mass is 166 g/mol. The van der Waals surface area contributed by atoms with Gasteiger partial charge in [0.1, 0.15) is 0 Å². The zero-order valence-electron chi connectivity index (χ0n) is 8.01. The quantitative estimate of drug-likeness (QED) is 0.712. The van der Waals surface area contributed by atoms with Crippen molar-refractivity contribution in [2.75, 3.05) is 18.0 Å². The van der Waals surface area contributed by atoms with Crippen molar-refractivity contribution < 1.29 is 0 Å².